The Morgan fingerprint density at radius 3 is 2.80 bits per heavy atom. The molecule has 0 unspecified atom stereocenters. The average Bonchev–Trinajstić information content (AvgIpc) is 3.40. The maximum Gasteiger partial charge on any atom is 0.254 e. The van der Waals surface area contributed by atoms with Crippen LogP contribution < -0.4 is 14.8 Å². The van der Waals surface area contributed by atoms with Crippen molar-refractivity contribution in [2.45, 2.75) is 5.92 Å². The molecule has 30 heavy (non-hydrogen) atoms. The lowest BCUT2D eigenvalue weighted by atomic mass is 9.88. The number of rotatable bonds is 6. The topological polar surface area (TPSA) is 77.1 Å². The molecule has 7 nitrogen and oxygen atoms in total. The maximum absolute atomic E-state index is 13.8. The highest BCUT2D eigenvalue weighted by atomic mass is 19.1. The molecule has 0 radical (unpaired) electrons. The molecule has 2 aliphatic rings. The van der Waals surface area contributed by atoms with Gasteiger partial charge in [-0.05, 0) is 35.9 Å². The summed E-state index contributed by atoms with van der Waals surface area (Å²) in [5.74, 6) is -0.421. The monoisotopic (exact) mass is 414 g/mol. The molecular formula is C22H23FN2O5. The summed E-state index contributed by atoms with van der Waals surface area (Å²) >= 11 is 0. The van der Waals surface area contributed by atoms with Crippen molar-refractivity contribution >= 4 is 11.8 Å². The van der Waals surface area contributed by atoms with Crippen LogP contribution in [0.25, 0.3) is 0 Å². The Labute approximate surface area is 173 Å². The average molecular weight is 414 g/mol. The minimum Gasteiger partial charge on any atom is -0.454 e. The van der Waals surface area contributed by atoms with Gasteiger partial charge in [0.25, 0.3) is 5.91 Å². The number of nitrogens with zero attached hydrogens (tertiary/aromatic N) is 1. The molecule has 2 atom stereocenters. The van der Waals surface area contributed by atoms with Gasteiger partial charge in [-0.1, -0.05) is 12.1 Å². The number of likely N-dealkylation sites (tertiary alicyclic amines) is 1. The van der Waals surface area contributed by atoms with Crippen LogP contribution in [0.2, 0.25) is 0 Å². The van der Waals surface area contributed by atoms with E-state index in [0.29, 0.717) is 42.3 Å². The van der Waals surface area contributed by atoms with E-state index in [9.17, 15) is 14.0 Å². The van der Waals surface area contributed by atoms with Crippen molar-refractivity contribution in [1.82, 2.24) is 10.2 Å². The van der Waals surface area contributed by atoms with Crippen LogP contribution in [0.3, 0.4) is 0 Å². The van der Waals surface area contributed by atoms with Crippen LogP contribution in [0.4, 0.5) is 4.39 Å². The lowest BCUT2D eigenvalue weighted by Gasteiger charge is -2.18. The van der Waals surface area contributed by atoms with Crippen LogP contribution in [-0.4, -0.2) is 56.9 Å². The van der Waals surface area contributed by atoms with Crippen molar-refractivity contribution in [2.24, 2.45) is 5.92 Å². The summed E-state index contributed by atoms with van der Waals surface area (Å²) in [6.45, 7) is 1.45. The van der Waals surface area contributed by atoms with Gasteiger partial charge in [-0.25, -0.2) is 4.39 Å². The quantitative estimate of drug-likeness (QED) is 0.734. The van der Waals surface area contributed by atoms with Gasteiger partial charge in [0.15, 0.2) is 11.5 Å². The van der Waals surface area contributed by atoms with Crippen LogP contribution in [0, 0.1) is 11.7 Å². The second-order valence-electron chi connectivity index (χ2n) is 7.33. The Morgan fingerprint density at radius 1 is 1.17 bits per heavy atom. The van der Waals surface area contributed by atoms with Gasteiger partial charge in [-0.3, -0.25) is 9.59 Å². The molecule has 0 aliphatic carbocycles. The van der Waals surface area contributed by atoms with Crippen LogP contribution in [0.5, 0.6) is 11.5 Å². The molecule has 2 aliphatic heterocycles. The molecule has 0 spiro atoms. The lowest BCUT2D eigenvalue weighted by Crippen LogP contribution is -2.37. The van der Waals surface area contributed by atoms with E-state index in [0.717, 1.165) is 0 Å². The fraction of sp³-hybridized carbons (Fsp3) is 0.364. The number of ether oxygens (including phenoxy) is 3. The van der Waals surface area contributed by atoms with E-state index in [2.05, 4.69) is 5.32 Å². The number of amides is 2. The van der Waals surface area contributed by atoms with E-state index in [1.807, 2.05) is 0 Å². The summed E-state index contributed by atoms with van der Waals surface area (Å²) in [6.07, 6.45) is 0. The first-order valence-corrected chi connectivity index (χ1v) is 9.78. The van der Waals surface area contributed by atoms with Gasteiger partial charge in [-0.15, -0.1) is 0 Å². The first kappa shape index (κ1) is 20.2. The second-order valence-corrected chi connectivity index (χ2v) is 7.33. The zero-order chi connectivity index (χ0) is 21.1. The van der Waals surface area contributed by atoms with E-state index < -0.39 is 5.92 Å². The Hall–Kier alpha value is -3.13. The molecular weight excluding hydrogens is 391 g/mol. The molecule has 0 aromatic heterocycles. The number of carbonyl (C=O) groups is 2. The fourth-order valence-corrected chi connectivity index (χ4v) is 3.93. The van der Waals surface area contributed by atoms with Crippen molar-refractivity contribution in [2.75, 3.05) is 40.1 Å². The number of carbonyl (C=O) groups excluding carboxylic acids is 2. The van der Waals surface area contributed by atoms with E-state index in [1.54, 1.807) is 42.3 Å². The molecule has 2 amide bonds. The number of methoxy groups -OCH3 is 1. The summed E-state index contributed by atoms with van der Waals surface area (Å²) in [4.78, 5) is 27.6. The van der Waals surface area contributed by atoms with E-state index in [1.165, 1.54) is 12.1 Å². The Morgan fingerprint density at radius 2 is 2.00 bits per heavy atom. The van der Waals surface area contributed by atoms with Crippen LogP contribution in [0.1, 0.15) is 21.8 Å². The summed E-state index contributed by atoms with van der Waals surface area (Å²) in [6, 6.07) is 11.2. The van der Waals surface area contributed by atoms with E-state index >= 15 is 0 Å². The fourth-order valence-electron chi connectivity index (χ4n) is 3.93. The maximum atomic E-state index is 13.8. The lowest BCUT2D eigenvalue weighted by molar-refractivity contribution is -0.125. The number of nitrogens with one attached hydrogen (secondary N) is 1. The van der Waals surface area contributed by atoms with Gasteiger partial charge in [-0.2, -0.15) is 0 Å². The molecule has 2 aromatic rings. The summed E-state index contributed by atoms with van der Waals surface area (Å²) in [5.41, 5.74) is 1.15. The SMILES string of the molecule is COCCNC(=O)[C@@H]1CN(C(=O)c2ccc3c(c2)OCO3)C[C@H]1c1cccc(F)c1. The van der Waals surface area contributed by atoms with Crippen molar-refractivity contribution < 1.29 is 28.2 Å². The minimum absolute atomic E-state index is 0.127. The zero-order valence-electron chi connectivity index (χ0n) is 16.6. The van der Waals surface area contributed by atoms with E-state index in [-0.39, 0.29) is 36.9 Å². The molecule has 0 bridgehead atoms. The molecule has 2 aromatic carbocycles. The smallest absolute Gasteiger partial charge is 0.254 e. The minimum atomic E-state index is -0.485. The van der Waals surface area contributed by atoms with Crippen LogP contribution in [-0.2, 0) is 9.53 Å². The molecule has 1 saturated heterocycles. The Bertz CT molecular complexity index is 951. The number of halogens is 1. The predicted octanol–water partition coefficient (Wildman–Crippen LogP) is 2.17. The molecule has 8 heteroatoms. The summed E-state index contributed by atoms with van der Waals surface area (Å²) in [7, 11) is 1.56. The van der Waals surface area contributed by atoms with Crippen LogP contribution >= 0.6 is 0 Å². The highest BCUT2D eigenvalue weighted by Crippen LogP contribution is 2.36. The Balaban J connectivity index is 1.56. The van der Waals surface area contributed by atoms with Gasteiger partial charge in [0.2, 0.25) is 12.7 Å². The normalized spacial score (nSPS) is 19.7. The number of benzene rings is 2. The number of hydrogen-bond acceptors (Lipinski definition) is 5. The summed E-state index contributed by atoms with van der Waals surface area (Å²) in [5, 5.41) is 2.84. The standard InChI is InChI=1S/C22H23FN2O5/c1-28-8-7-24-21(26)18-12-25(11-17(18)14-3-2-4-16(23)9-14)22(27)15-5-6-19-20(10-15)30-13-29-19/h2-6,9-10,17-18H,7-8,11-13H2,1H3,(H,24,26)/t17-,18+/m0/s1. The van der Waals surface area contributed by atoms with E-state index in [4.69, 9.17) is 14.2 Å². The largest absolute Gasteiger partial charge is 0.454 e. The highest BCUT2D eigenvalue weighted by molar-refractivity contribution is 5.96. The van der Waals surface area contributed by atoms with Gasteiger partial charge in [0, 0.05) is 38.2 Å². The Kier molecular flexibility index (Phi) is 5.85. The van der Waals surface area contributed by atoms with Crippen molar-refractivity contribution in [3.63, 3.8) is 0 Å². The molecule has 1 N–H and O–H groups in total. The molecule has 2 heterocycles. The third kappa shape index (κ3) is 4.09. The highest BCUT2D eigenvalue weighted by Gasteiger charge is 2.40. The number of fused-ring (bicyclic) bond motifs is 1. The van der Waals surface area contributed by atoms with Crippen molar-refractivity contribution in [3.05, 3.63) is 59.4 Å². The zero-order valence-corrected chi connectivity index (χ0v) is 16.6. The molecule has 158 valence electrons. The van der Waals surface area contributed by atoms with Gasteiger partial charge in [0.1, 0.15) is 5.82 Å². The van der Waals surface area contributed by atoms with Crippen LogP contribution in [0.15, 0.2) is 42.5 Å². The third-order valence-electron chi connectivity index (χ3n) is 5.45. The predicted molar refractivity (Wildman–Crippen MR) is 106 cm³/mol. The first-order chi connectivity index (χ1) is 14.6. The first-order valence-electron chi connectivity index (χ1n) is 9.78. The van der Waals surface area contributed by atoms with Gasteiger partial charge >= 0.3 is 0 Å². The third-order valence-corrected chi connectivity index (χ3v) is 5.45. The summed E-state index contributed by atoms with van der Waals surface area (Å²) < 4.78 is 29.5. The van der Waals surface area contributed by atoms with Crippen molar-refractivity contribution in [3.8, 4) is 11.5 Å². The van der Waals surface area contributed by atoms with Crippen molar-refractivity contribution in [1.29, 1.82) is 0 Å². The second kappa shape index (κ2) is 8.71. The molecule has 0 saturated carbocycles. The van der Waals surface area contributed by atoms with Gasteiger partial charge in [0.05, 0.1) is 12.5 Å². The van der Waals surface area contributed by atoms with Gasteiger partial charge < -0.3 is 24.4 Å². The molecule has 1 fully saturated rings. The number of hydrogen-bond donors (Lipinski definition) is 1. The molecule has 4 rings (SSSR count).